The number of aromatic nitrogens is 1. The van der Waals surface area contributed by atoms with Gasteiger partial charge in [0.1, 0.15) is 23.9 Å². The first kappa shape index (κ1) is 27.2. The Kier molecular flexibility index (Phi) is 8.86. The van der Waals surface area contributed by atoms with Crippen molar-refractivity contribution in [3.8, 4) is 5.75 Å². The lowest BCUT2D eigenvalue weighted by Gasteiger charge is -2.23. The van der Waals surface area contributed by atoms with E-state index in [1.165, 1.54) is 26.0 Å². The minimum Gasteiger partial charge on any atom is -0.508 e. The molecule has 196 valence electrons. The van der Waals surface area contributed by atoms with Crippen molar-refractivity contribution in [3.05, 3.63) is 65.9 Å². The third-order valence-corrected chi connectivity index (χ3v) is 5.89. The number of benzene rings is 2. The number of carboxylic acid groups (broad SMARTS) is 1. The van der Waals surface area contributed by atoms with E-state index < -0.39 is 47.9 Å². The zero-order chi connectivity index (χ0) is 27.1. The van der Waals surface area contributed by atoms with Gasteiger partial charge in [-0.1, -0.05) is 30.3 Å². The molecule has 3 rings (SSSR count). The smallest absolute Gasteiger partial charge is 0.326 e. The van der Waals surface area contributed by atoms with E-state index in [0.29, 0.717) is 5.56 Å². The highest BCUT2D eigenvalue weighted by Gasteiger charge is 2.29. The van der Waals surface area contributed by atoms with Gasteiger partial charge in [-0.25, -0.2) is 4.79 Å². The second-order valence-corrected chi connectivity index (χ2v) is 8.91. The van der Waals surface area contributed by atoms with Crippen molar-refractivity contribution in [2.75, 3.05) is 0 Å². The Morgan fingerprint density at radius 2 is 1.51 bits per heavy atom. The molecule has 2 aromatic carbocycles. The van der Waals surface area contributed by atoms with Crippen LogP contribution in [-0.4, -0.2) is 63.1 Å². The highest BCUT2D eigenvalue weighted by Crippen LogP contribution is 2.19. The number of nitrogens with one attached hydrogen (secondary N) is 4. The van der Waals surface area contributed by atoms with E-state index in [9.17, 15) is 29.4 Å². The van der Waals surface area contributed by atoms with Gasteiger partial charge in [0.2, 0.25) is 17.7 Å². The number of carbonyl (C=O) groups is 4. The fourth-order valence-corrected chi connectivity index (χ4v) is 3.78. The van der Waals surface area contributed by atoms with Crippen LogP contribution in [0.1, 0.15) is 25.0 Å². The van der Waals surface area contributed by atoms with Crippen LogP contribution in [0.3, 0.4) is 0 Å². The molecule has 3 amide bonds. The van der Waals surface area contributed by atoms with Crippen LogP contribution >= 0.6 is 0 Å². The minimum absolute atomic E-state index is 0.0318. The van der Waals surface area contributed by atoms with Crippen LogP contribution in [0.4, 0.5) is 0 Å². The molecule has 4 unspecified atom stereocenters. The molecule has 0 aliphatic rings. The average Bonchev–Trinajstić information content (AvgIpc) is 3.26. The molecular weight excluding hydrogens is 478 g/mol. The van der Waals surface area contributed by atoms with Gasteiger partial charge < -0.3 is 36.9 Å². The maximum absolute atomic E-state index is 13.3. The van der Waals surface area contributed by atoms with Gasteiger partial charge in [-0.2, -0.15) is 0 Å². The predicted molar refractivity (Wildman–Crippen MR) is 137 cm³/mol. The van der Waals surface area contributed by atoms with Crippen LogP contribution < -0.4 is 21.7 Å². The second kappa shape index (κ2) is 12.0. The third-order valence-electron chi connectivity index (χ3n) is 5.89. The highest BCUT2D eigenvalue weighted by atomic mass is 16.4. The molecule has 0 saturated heterocycles. The fraction of sp³-hybridized carbons (Fsp3) is 0.308. The topological polar surface area (TPSA) is 187 Å². The molecule has 0 fully saturated rings. The minimum atomic E-state index is -1.28. The number of para-hydroxylation sites is 1. The summed E-state index contributed by atoms with van der Waals surface area (Å²) in [6, 6.07) is 9.19. The van der Waals surface area contributed by atoms with Crippen molar-refractivity contribution >= 4 is 34.6 Å². The lowest BCUT2D eigenvalue weighted by Crippen LogP contribution is -2.57. The summed E-state index contributed by atoms with van der Waals surface area (Å²) in [5.74, 6) is -3.07. The zero-order valence-corrected chi connectivity index (χ0v) is 20.5. The van der Waals surface area contributed by atoms with Gasteiger partial charge in [0.05, 0.1) is 6.04 Å². The summed E-state index contributed by atoms with van der Waals surface area (Å²) >= 11 is 0. The number of carbonyl (C=O) groups excluding carboxylic acids is 3. The summed E-state index contributed by atoms with van der Waals surface area (Å²) in [4.78, 5) is 53.1. The van der Waals surface area contributed by atoms with Gasteiger partial charge in [0.15, 0.2) is 0 Å². The first-order valence-electron chi connectivity index (χ1n) is 11.8. The summed E-state index contributed by atoms with van der Waals surface area (Å²) < 4.78 is 0. The van der Waals surface area contributed by atoms with Crippen LogP contribution in [-0.2, 0) is 32.0 Å². The molecule has 11 heteroatoms. The number of phenols is 1. The summed E-state index contributed by atoms with van der Waals surface area (Å²) in [5.41, 5.74) is 7.73. The second-order valence-electron chi connectivity index (χ2n) is 8.91. The number of aromatic amines is 1. The normalized spacial score (nSPS) is 14.2. The van der Waals surface area contributed by atoms with Gasteiger partial charge in [0, 0.05) is 29.9 Å². The van der Waals surface area contributed by atoms with Crippen LogP contribution in [0, 0.1) is 0 Å². The molecule has 0 aliphatic carbocycles. The highest BCUT2D eigenvalue weighted by molar-refractivity contribution is 5.94. The molecule has 8 N–H and O–H groups in total. The largest absolute Gasteiger partial charge is 0.508 e. The van der Waals surface area contributed by atoms with Crippen molar-refractivity contribution in [2.45, 2.75) is 50.9 Å². The van der Waals surface area contributed by atoms with E-state index in [0.717, 1.165) is 16.5 Å². The maximum Gasteiger partial charge on any atom is 0.326 e. The molecule has 11 nitrogen and oxygen atoms in total. The number of amides is 3. The number of phenolic OH excluding ortho intramolecular Hbond substituents is 1. The summed E-state index contributed by atoms with van der Waals surface area (Å²) in [6.45, 7) is 2.94. The molecule has 1 aromatic heterocycles. The first-order chi connectivity index (χ1) is 17.5. The van der Waals surface area contributed by atoms with Gasteiger partial charge in [0.25, 0.3) is 0 Å². The molecule has 0 spiro atoms. The molecule has 1 heterocycles. The molecule has 0 bridgehead atoms. The molecule has 0 saturated carbocycles. The molecule has 37 heavy (non-hydrogen) atoms. The van der Waals surface area contributed by atoms with Crippen LogP contribution in [0.5, 0.6) is 5.75 Å². The van der Waals surface area contributed by atoms with Crippen LogP contribution in [0.25, 0.3) is 10.9 Å². The average molecular weight is 510 g/mol. The first-order valence-corrected chi connectivity index (χ1v) is 11.8. The molecular formula is C26H31N5O6. The molecule has 4 atom stereocenters. The lowest BCUT2D eigenvalue weighted by atomic mass is 10.0. The van der Waals surface area contributed by atoms with E-state index in [-0.39, 0.29) is 18.6 Å². The Morgan fingerprint density at radius 3 is 2.16 bits per heavy atom. The fourth-order valence-electron chi connectivity index (χ4n) is 3.78. The number of hydrogen-bond acceptors (Lipinski definition) is 6. The Morgan fingerprint density at radius 1 is 0.865 bits per heavy atom. The van der Waals surface area contributed by atoms with Gasteiger partial charge in [-0.15, -0.1) is 0 Å². The summed E-state index contributed by atoms with van der Waals surface area (Å²) in [6.07, 6.45) is 1.76. The zero-order valence-electron chi connectivity index (χ0n) is 20.5. The van der Waals surface area contributed by atoms with E-state index in [1.807, 2.05) is 24.3 Å². The number of aromatic hydroxyl groups is 1. The van der Waals surface area contributed by atoms with Crippen molar-refractivity contribution in [1.82, 2.24) is 20.9 Å². The number of rotatable bonds is 11. The van der Waals surface area contributed by atoms with Crippen molar-refractivity contribution in [3.63, 3.8) is 0 Å². The maximum atomic E-state index is 13.3. The number of H-pyrrole nitrogens is 1. The molecule has 0 aliphatic heterocycles. The summed E-state index contributed by atoms with van der Waals surface area (Å²) in [7, 11) is 0. The number of nitrogens with two attached hydrogens (primary N) is 1. The number of aliphatic carboxylic acids is 1. The van der Waals surface area contributed by atoms with Crippen molar-refractivity contribution in [1.29, 1.82) is 0 Å². The lowest BCUT2D eigenvalue weighted by molar-refractivity contribution is -0.142. The Hall–Kier alpha value is -4.38. The van der Waals surface area contributed by atoms with Gasteiger partial charge >= 0.3 is 5.97 Å². The quantitative estimate of drug-likeness (QED) is 0.197. The molecule has 3 aromatic rings. The third kappa shape index (κ3) is 7.31. The van der Waals surface area contributed by atoms with E-state index in [1.54, 1.807) is 18.3 Å². The summed E-state index contributed by atoms with van der Waals surface area (Å²) in [5, 5.41) is 27.7. The number of hydrogen-bond donors (Lipinski definition) is 7. The SMILES string of the molecule is CC(N)C(=O)NC(C)C(=O)NC(Cc1c[nH]c2ccccc12)C(=O)NC(Cc1ccc(O)cc1)C(=O)O. The van der Waals surface area contributed by atoms with E-state index in [4.69, 9.17) is 5.73 Å². The van der Waals surface area contributed by atoms with E-state index in [2.05, 4.69) is 20.9 Å². The Labute approximate surface area is 213 Å². The van der Waals surface area contributed by atoms with Crippen LogP contribution in [0.15, 0.2) is 54.7 Å². The number of fused-ring (bicyclic) bond motifs is 1. The Balaban J connectivity index is 1.81. The van der Waals surface area contributed by atoms with Crippen molar-refractivity contribution in [2.24, 2.45) is 5.73 Å². The standard InChI is InChI=1S/C26H31N5O6/c1-14(27)23(33)29-15(2)24(34)30-21(12-17-13-28-20-6-4-3-5-19(17)20)25(35)31-22(26(36)37)11-16-7-9-18(32)10-8-16/h3-10,13-15,21-22,28,32H,11-12,27H2,1-2H3,(H,29,33)(H,30,34)(H,31,35)(H,36,37). The van der Waals surface area contributed by atoms with Gasteiger partial charge in [-0.05, 0) is 43.2 Å². The predicted octanol–water partition coefficient (Wildman–Crippen LogP) is 0.565. The van der Waals surface area contributed by atoms with E-state index >= 15 is 0 Å². The number of carboxylic acids is 1. The van der Waals surface area contributed by atoms with Crippen molar-refractivity contribution < 1.29 is 29.4 Å². The van der Waals surface area contributed by atoms with Crippen LogP contribution in [0.2, 0.25) is 0 Å². The monoisotopic (exact) mass is 509 g/mol. The van der Waals surface area contributed by atoms with Gasteiger partial charge in [-0.3, -0.25) is 14.4 Å². The molecule has 0 radical (unpaired) electrons. The Bertz CT molecular complexity index is 1270.